The summed E-state index contributed by atoms with van der Waals surface area (Å²) in [5, 5.41) is 20.3. The number of anilines is 1. The number of aliphatic carboxylic acids is 1. The number of nitro groups is 1. The van der Waals surface area contributed by atoms with Crippen LogP contribution in [-0.4, -0.2) is 21.9 Å². The van der Waals surface area contributed by atoms with Gasteiger partial charge in [0.2, 0.25) is 5.82 Å². The lowest BCUT2D eigenvalue weighted by molar-refractivity contribution is -0.387. The molecule has 0 heterocycles. The van der Waals surface area contributed by atoms with Crippen LogP contribution in [0.1, 0.15) is 0 Å². The smallest absolute Gasteiger partial charge is 0.394 e. The second-order valence-electron chi connectivity index (χ2n) is 2.68. The van der Waals surface area contributed by atoms with Gasteiger partial charge in [-0.3, -0.25) is 14.9 Å². The van der Waals surface area contributed by atoms with E-state index in [2.05, 4.69) is 0 Å². The highest BCUT2D eigenvalue weighted by atomic mass is 19.1. The summed E-state index contributed by atoms with van der Waals surface area (Å²) in [5.41, 5.74) is -0.927. The van der Waals surface area contributed by atoms with E-state index in [1.54, 1.807) is 0 Å². The van der Waals surface area contributed by atoms with Crippen LogP contribution < -0.4 is 5.32 Å². The van der Waals surface area contributed by atoms with Crippen molar-refractivity contribution < 1.29 is 24.0 Å². The minimum atomic E-state index is -1.74. The molecule has 1 rings (SSSR count). The molecule has 0 fully saturated rings. The number of hydrogen-bond acceptors (Lipinski definition) is 4. The minimum absolute atomic E-state index is 0.171. The van der Waals surface area contributed by atoms with Gasteiger partial charge in [-0.15, -0.1) is 0 Å². The largest absolute Gasteiger partial charge is 0.474 e. The third-order valence-electron chi connectivity index (χ3n) is 1.60. The fourth-order valence-corrected chi connectivity index (χ4v) is 0.917. The van der Waals surface area contributed by atoms with Gasteiger partial charge < -0.3 is 10.4 Å². The number of halogens is 1. The molecule has 1 aromatic carbocycles. The van der Waals surface area contributed by atoms with Crippen LogP contribution in [0, 0.1) is 15.9 Å². The van der Waals surface area contributed by atoms with Crippen molar-refractivity contribution in [3.63, 3.8) is 0 Å². The van der Waals surface area contributed by atoms with Gasteiger partial charge in [-0.1, -0.05) is 0 Å². The number of nitrogens with one attached hydrogen (secondary N) is 1. The Morgan fingerprint density at radius 3 is 2.50 bits per heavy atom. The Morgan fingerprint density at radius 1 is 1.44 bits per heavy atom. The number of carbonyl (C=O) groups is 2. The molecule has 0 unspecified atom stereocenters. The summed E-state index contributed by atoms with van der Waals surface area (Å²) < 4.78 is 13.0. The van der Waals surface area contributed by atoms with Crippen LogP contribution in [0.5, 0.6) is 0 Å². The van der Waals surface area contributed by atoms with Crippen molar-refractivity contribution >= 4 is 23.3 Å². The number of carbonyl (C=O) groups excluding carboxylic acids is 1. The molecule has 0 aliphatic carbocycles. The van der Waals surface area contributed by atoms with Gasteiger partial charge in [0.15, 0.2) is 0 Å². The summed E-state index contributed by atoms with van der Waals surface area (Å²) in [6.45, 7) is 0. The Kier molecular flexibility index (Phi) is 3.14. The van der Waals surface area contributed by atoms with Gasteiger partial charge in [0.25, 0.3) is 0 Å². The van der Waals surface area contributed by atoms with Gasteiger partial charge >= 0.3 is 17.6 Å². The zero-order chi connectivity index (χ0) is 12.3. The second-order valence-corrected chi connectivity index (χ2v) is 2.68. The molecule has 0 saturated carbocycles. The number of hydrogen-bond donors (Lipinski definition) is 2. The van der Waals surface area contributed by atoms with E-state index in [0.717, 1.165) is 12.1 Å². The van der Waals surface area contributed by atoms with E-state index in [9.17, 15) is 24.1 Å². The van der Waals surface area contributed by atoms with E-state index in [-0.39, 0.29) is 5.69 Å². The highest BCUT2D eigenvalue weighted by molar-refractivity contribution is 6.36. The monoisotopic (exact) mass is 228 g/mol. The Balaban J connectivity index is 2.94. The highest BCUT2D eigenvalue weighted by Crippen LogP contribution is 2.20. The topological polar surface area (TPSA) is 110 Å². The highest BCUT2D eigenvalue weighted by Gasteiger charge is 2.16. The summed E-state index contributed by atoms with van der Waals surface area (Å²) >= 11 is 0. The Hall–Kier alpha value is -2.51. The van der Waals surface area contributed by atoms with E-state index in [4.69, 9.17) is 5.11 Å². The molecule has 0 spiro atoms. The first-order chi connectivity index (χ1) is 7.41. The van der Waals surface area contributed by atoms with Crippen LogP contribution >= 0.6 is 0 Å². The molecule has 0 saturated heterocycles. The number of carboxylic acids is 1. The van der Waals surface area contributed by atoms with Gasteiger partial charge in [-0.25, -0.2) is 4.79 Å². The lowest BCUT2D eigenvalue weighted by atomic mass is 10.2. The average Bonchev–Trinajstić information content (AvgIpc) is 2.16. The van der Waals surface area contributed by atoms with Crippen LogP contribution in [0.2, 0.25) is 0 Å². The van der Waals surface area contributed by atoms with Crippen molar-refractivity contribution in [3.8, 4) is 0 Å². The van der Waals surface area contributed by atoms with Crippen LogP contribution in [0.15, 0.2) is 18.2 Å². The summed E-state index contributed by atoms with van der Waals surface area (Å²) in [5.74, 6) is -4.25. The lowest BCUT2D eigenvalue weighted by Crippen LogP contribution is -2.21. The SMILES string of the molecule is O=C(O)C(=O)Nc1ccc([N+](=O)[O-])c(F)c1. The third kappa shape index (κ3) is 2.50. The predicted octanol–water partition coefficient (Wildman–Crippen LogP) is 0.757. The van der Waals surface area contributed by atoms with Gasteiger partial charge in [-0.05, 0) is 6.07 Å². The quantitative estimate of drug-likeness (QED) is 0.441. The fourth-order valence-electron chi connectivity index (χ4n) is 0.917. The van der Waals surface area contributed by atoms with Crippen molar-refractivity contribution in [2.24, 2.45) is 0 Å². The maximum atomic E-state index is 13.0. The first-order valence-corrected chi connectivity index (χ1v) is 3.90. The van der Waals surface area contributed by atoms with E-state index in [1.165, 1.54) is 0 Å². The van der Waals surface area contributed by atoms with E-state index in [0.29, 0.717) is 6.07 Å². The molecule has 0 radical (unpaired) electrons. The van der Waals surface area contributed by atoms with Gasteiger partial charge in [-0.2, -0.15) is 4.39 Å². The second kappa shape index (κ2) is 4.34. The number of benzene rings is 1. The Morgan fingerprint density at radius 2 is 2.06 bits per heavy atom. The molecule has 7 nitrogen and oxygen atoms in total. The molecule has 16 heavy (non-hydrogen) atoms. The Labute approximate surface area is 87.6 Å². The Bertz CT molecular complexity index is 473. The van der Waals surface area contributed by atoms with Crippen molar-refractivity contribution in [1.29, 1.82) is 0 Å². The van der Waals surface area contributed by atoms with E-state index < -0.39 is 28.3 Å². The molecule has 1 aromatic rings. The summed E-state index contributed by atoms with van der Waals surface area (Å²) in [6, 6.07) is 2.52. The molecule has 0 atom stereocenters. The van der Waals surface area contributed by atoms with Crippen molar-refractivity contribution in [2.45, 2.75) is 0 Å². The third-order valence-corrected chi connectivity index (χ3v) is 1.60. The standard InChI is InChI=1S/C8H5FN2O5/c9-5-3-4(10-7(12)8(13)14)1-2-6(5)11(15)16/h1-3H,(H,10,12)(H,13,14). The minimum Gasteiger partial charge on any atom is -0.474 e. The number of amides is 1. The predicted molar refractivity (Wildman–Crippen MR) is 49.3 cm³/mol. The van der Waals surface area contributed by atoms with Crippen LogP contribution in [0.25, 0.3) is 0 Å². The summed E-state index contributed by atoms with van der Waals surface area (Å²) in [7, 11) is 0. The molecule has 8 heteroatoms. The van der Waals surface area contributed by atoms with Crippen molar-refractivity contribution in [2.75, 3.05) is 5.32 Å². The first-order valence-electron chi connectivity index (χ1n) is 3.90. The van der Waals surface area contributed by atoms with E-state index in [1.807, 2.05) is 5.32 Å². The zero-order valence-electron chi connectivity index (χ0n) is 7.64. The van der Waals surface area contributed by atoms with Crippen molar-refractivity contribution in [3.05, 3.63) is 34.1 Å². The molecule has 0 aromatic heterocycles. The molecule has 0 aliphatic heterocycles. The maximum absolute atomic E-state index is 13.0. The first kappa shape index (κ1) is 11.6. The summed E-state index contributed by atoms with van der Waals surface area (Å²) in [4.78, 5) is 30.1. The van der Waals surface area contributed by atoms with Gasteiger partial charge in [0.05, 0.1) is 4.92 Å². The fraction of sp³-hybridized carbons (Fsp3) is 0. The number of nitrogens with zero attached hydrogens (tertiary/aromatic N) is 1. The maximum Gasteiger partial charge on any atom is 0.394 e. The molecule has 0 aliphatic rings. The number of carboxylic acid groups (broad SMARTS) is 1. The molecular weight excluding hydrogens is 223 g/mol. The molecular formula is C8H5FN2O5. The molecule has 2 N–H and O–H groups in total. The normalized spacial score (nSPS) is 9.56. The number of nitro benzene ring substituents is 1. The van der Waals surface area contributed by atoms with Crippen LogP contribution in [-0.2, 0) is 9.59 Å². The molecule has 0 bridgehead atoms. The van der Waals surface area contributed by atoms with Crippen LogP contribution in [0.4, 0.5) is 15.8 Å². The van der Waals surface area contributed by atoms with Crippen LogP contribution in [0.3, 0.4) is 0 Å². The van der Waals surface area contributed by atoms with Gasteiger partial charge in [0, 0.05) is 17.8 Å². The van der Waals surface area contributed by atoms with Crippen molar-refractivity contribution in [1.82, 2.24) is 0 Å². The lowest BCUT2D eigenvalue weighted by Gasteiger charge is -2.01. The number of rotatable bonds is 2. The van der Waals surface area contributed by atoms with E-state index >= 15 is 0 Å². The molecule has 1 amide bonds. The average molecular weight is 228 g/mol. The van der Waals surface area contributed by atoms with Gasteiger partial charge in [0.1, 0.15) is 0 Å². The molecule has 84 valence electrons. The zero-order valence-corrected chi connectivity index (χ0v) is 7.64. The summed E-state index contributed by atoms with van der Waals surface area (Å²) in [6.07, 6.45) is 0.